The molecule has 74 valence electrons. The average Bonchev–Trinajstić information content (AvgIpc) is 2.00. The summed E-state index contributed by atoms with van der Waals surface area (Å²) < 4.78 is 0. The van der Waals surface area contributed by atoms with Gasteiger partial charge in [0.2, 0.25) is 0 Å². The fourth-order valence-corrected chi connectivity index (χ4v) is 1.83. The predicted octanol–water partition coefficient (Wildman–Crippen LogP) is 3.82. The Hall–Kier alpha value is 0.700. The maximum atomic E-state index is 4.58. The normalized spacial score (nSPS) is 18.8. The van der Waals surface area contributed by atoms with Gasteiger partial charge in [0.25, 0.3) is 0 Å². The predicted molar refractivity (Wildman–Crippen MR) is 64.5 cm³/mol. The van der Waals surface area contributed by atoms with Crippen LogP contribution in [0.25, 0.3) is 0 Å². The van der Waals surface area contributed by atoms with Gasteiger partial charge in [-0.15, -0.1) is 0 Å². The van der Waals surface area contributed by atoms with E-state index in [-0.39, 0.29) is 0 Å². The smallest absolute Gasteiger partial charge is 0.00423 e. The molecule has 0 aromatic rings. The van der Waals surface area contributed by atoms with Gasteiger partial charge in [0.15, 0.2) is 0 Å². The molecule has 0 aromatic carbocycles. The minimum absolute atomic E-state index is 0.537. The van der Waals surface area contributed by atoms with Crippen LogP contribution in [0.1, 0.15) is 46.5 Å². The van der Waals surface area contributed by atoms with Gasteiger partial charge in [0.1, 0.15) is 0 Å². The van der Waals surface area contributed by atoms with E-state index in [1.807, 2.05) is 0 Å². The van der Waals surface area contributed by atoms with Crippen LogP contribution in [0.4, 0.5) is 0 Å². The molecule has 0 N–H and O–H groups in total. The van der Waals surface area contributed by atoms with Gasteiger partial charge in [-0.1, -0.05) is 27.2 Å². The highest BCUT2D eigenvalue weighted by Crippen LogP contribution is 2.21. The first kappa shape index (κ1) is 12.7. The molecule has 12 heavy (non-hydrogen) atoms. The van der Waals surface area contributed by atoms with Gasteiger partial charge in [0, 0.05) is 5.25 Å². The minimum atomic E-state index is 0.537. The summed E-state index contributed by atoms with van der Waals surface area (Å²) >= 11 is 8.95. The van der Waals surface area contributed by atoms with Crippen LogP contribution in [-0.2, 0) is 0 Å². The molecule has 0 rings (SSSR count). The maximum Gasteiger partial charge on any atom is 0.00423 e. The second kappa shape index (κ2) is 7.14. The summed E-state index contributed by atoms with van der Waals surface area (Å²) in [5, 5.41) is 1.12. The monoisotopic (exact) mass is 206 g/mol. The van der Waals surface area contributed by atoms with Crippen molar-refractivity contribution in [3.63, 3.8) is 0 Å². The molecule has 0 aliphatic rings. The van der Waals surface area contributed by atoms with Gasteiger partial charge in [-0.3, -0.25) is 0 Å². The molecular formula is C10H22S2. The van der Waals surface area contributed by atoms with Crippen molar-refractivity contribution in [2.75, 3.05) is 0 Å². The summed E-state index contributed by atoms with van der Waals surface area (Å²) in [4.78, 5) is 0. The van der Waals surface area contributed by atoms with E-state index in [0.29, 0.717) is 10.5 Å². The van der Waals surface area contributed by atoms with Gasteiger partial charge in [-0.05, 0) is 30.4 Å². The van der Waals surface area contributed by atoms with Crippen molar-refractivity contribution in [3.05, 3.63) is 0 Å². The number of rotatable bonds is 6. The molecule has 3 atom stereocenters. The van der Waals surface area contributed by atoms with Gasteiger partial charge >= 0.3 is 0 Å². The fraction of sp³-hybridized carbons (Fsp3) is 1.00. The van der Waals surface area contributed by atoms with Crippen LogP contribution in [-0.4, -0.2) is 10.5 Å². The van der Waals surface area contributed by atoms with Crippen molar-refractivity contribution in [3.8, 4) is 0 Å². The van der Waals surface area contributed by atoms with Gasteiger partial charge < -0.3 is 0 Å². The van der Waals surface area contributed by atoms with Gasteiger partial charge in [0.05, 0.1) is 0 Å². The zero-order chi connectivity index (χ0) is 9.56. The van der Waals surface area contributed by atoms with Crippen LogP contribution in [0.3, 0.4) is 0 Å². The third kappa shape index (κ3) is 6.24. The third-order valence-corrected chi connectivity index (χ3v) is 3.31. The van der Waals surface area contributed by atoms with E-state index in [9.17, 15) is 0 Å². The molecule has 0 aliphatic carbocycles. The van der Waals surface area contributed by atoms with Crippen molar-refractivity contribution in [2.45, 2.75) is 57.0 Å². The lowest BCUT2D eigenvalue weighted by Gasteiger charge is -2.18. The standard InChI is InChI=1S/C10H22S2/c1-4-5-10(12)8(2)6-7-9(3)11/h8-12H,4-7H2,1-3H3. The van der Waals surface area contributed by atoms with E-state index in [0.717, 1.165) is 5.92 Å². The highest BCUT2D eigenvalue weighted by Gasteiger charge is 2.12. The van der Waals surface area contributed by atoms with Crippen LogP contribution in [0, 0.1) is 5.92 Å². The summed E-state index contributed by atoms with van der Waals surface area (Å²) in [6, 6.07) is 0. The maximum absolute atomic E-state index is 4.58. The highest BCUT2D eigenvalue weighted by atomic mass is 32.1. The second-order valence-corrected chi connectivity index (χ2v) is 5.30. The lowest BCUT2D eigenvalue weighted by atomic mass is 9.97. The second-order valence-electron chi connectivity index (χ2n) is 3.76. The van der Waals surface area contributed by atoms with E-state index in [4.69, 9.17) is 0 Å². The molecule has 0 aliphatic heterocycles. The Morgan fingerprint density at radius 1 is 1.00 bits per heavy atom. The van der Waals surface area contributed by atoms with Crippen LogP contribution in [0.2, 0.25) is 0 Å². The molecule has 0 saturated carbocycles. The van der Waals surface area contributed by atoms with E-state index >= 15 is 0 Å². The number of hydrogen-bond donors (Lipinski definition) is 2. The average molecular weight is 206 g/mol. The Morgan fingerprint density at radius 2 is 1.58 bits per heavy atom. The molecule has 0 saturated heterocycles. The van der Waals surface area contributed by atoms with E-state index in [2.05, 4.69) is 46.0 Å². The topological polar surface area (TPSA) is 0 Å². The number of hydrogen-bond acceptors (Lipinski definition) is 2. The number of thiol groups is 2. The summed E-state index contributed by atoms with van der Waals surface area (Å²) in [5.74, 6) is 0.739. The molecule has 0 heterocycles. The van der Waals surface area contributed by atoms with Gasteiger partial charge in [-0.25, -0.2) is 0 Å². The van der Waals surface area contributed by atoms with Crippen molar-refractivity contribution in [1.82, 2.24) is 0 Å². The molecule has 0 radical (unpaired) electrons. The van der Waals surface area contributed by atoms with Crippen LogP contribution in [0.5, 0.6) is 0 Å². The minimum Gasteiger partial charge on any atom is -0.176 e. The quantitative estimate of drug-likeness (QED) is 0.607. The molecule has 2 heteroatoms. The molecule has 0 fully saturated rings. The van der Waals surface area contributed by atoms with E-state index in [1.165, 1.54) is 25.7 Å². The summed E-state index contributed by atoms with van der Waals surface area (Å²) in [6.45, 7) is 6.67. The summed E-state index contributed by atoms with van der Waals surface area (Å²) in [5.41, 5.74) is 0. The fourth-order valence-electron chi connectivity index (χ4n) is 1.28. The molecule has 0 amide bonds. The first-order valence-corrected chi connectivity index (χ1v) is 5.97. The van der Waals surface area contributed by atoms with Crippen molar-refractivity contribution < 1.29 is 0 Å². The zero-order valence-corrected chi connectivity index (χ0v) is 10.2. The lowest BCUT2D eigenvalue weighted by Crippen LogP contribution is -2.12. The zero-order valence-electron chi connectivity index (χ0n) is 8.45. The largest absolute Gasteiger partial charge is 0.176 e. The molecule has 0 aromatic heterocycles. The van der Waals surface area contributed by atoms with Crippen molar-refractivity contribution in [2.24, 2.45) is 5.92 Å². The van der Waals surface area contributed by atoms with Gasteiger partial charge in [-0.2, -0.15) is 25.3 Å². The molecular weight excluding hydrogens is 184 g/mol. The molecule has 0 bridgehead atoms. The van der Waals surface area contributed by atoms with Crippen LogP contribution < -0.4 is 0 Å². The van der Waals surface area contributed by atoms with E-state index in [1.54, 1.807) is 0 Å². The Labute approximate surface area is 88.3 Å². The third-order valence-electron chi connectivity index (χ3n) is 2.28. The van der Waals surface area contributed by atoms with Crippen molar-refractivity contribution >= 4 is 25.3 Å². The molecule has 0 nitrogen and oxygen atoms in total. The molecule has 0 spiro atoms. The first-order chi connectivity index (χ1) is 5.57. The summed E-state index contributed by atoms with van der Waals surface area (Å²) in [6.07, 6.45) is 4.96. The summed E-state index contributed by atoms with van der Waals surface area (Å²) in [7, 11) is 0. The Balaban J connectivity index is 3.49. The Kier molecular flexibility index (Phi) is 7.55. The van der Waals surface area contributed by atoms with Crippen LogP contribution >= 0.6 is 25.3 Å². The lowest BCUT2D eigenvalue weighted by molar-refractivity contribution is 0.472. The van der Waals surface area contributed by atoms with E-state index < -0.39 is 0 Å². The Bertz CT molecular complexity index is 102. The first-order valence-electron chi connectivity index (χ1n) is 4.94. The highest BCUT2D eigenvalue weighted by molar-refractivity contribution is 7.81. The van der Waals surface area contributed by atoms with Crippen molar-refractivity contribution in [1.29, 1.82) is 0 Å². The Morgan fingerprint density at radius 3 is 2.00 bits per heavy atom. The van der Waals surface area contributed by atoms with Crippen LogP contribution in [0.15, 0.2) is 0 Å². The molecule has 3 unspecified atom stereocenters. The SMILES string of the molecule is CCCC(S)C(C)CCC(C)S.